The first-order valence-electron chi connectivity index (χ1n) is 11.2. The molecule has 0 amide bonds. The number of imidazole rings is 1. The number of fused-ring (bicyclic) bond motifs is 1. The lowest BCUT2D eigenvalue weighted by Crippen LogP contribution is -2.39. The van der Waals surface area contributed by atoms with Gasteiger partial charge < -0.3 is 14.0 Å². The van der Waals surface area contributed by atoms with E-state index in [2.05, 4.69) is 4.98 Å². The third kappa shape index (κ3) is 4.27. The fraction of sp³-hybridized carbons (Fsp3) is 0.458. The van der Waals surface area contributed by atoms with Crippen molar-refractivity contribution in [3.63, 3.8) is 0 Å². The molecule has 1 aromatic carbocycles. The van der Waals surface area contributed by atoms with Crippen molar-refractivity contribution < 1.29 is 9.47 Å². The Morgan fingerprint density at radius 2 is 1.75 bits per heavy atom. The van der Waals surface area contributed by atoms with Crippen molar-refractivity contribution in [1.82, 2.24) is 18.7 Å². The SMILES string of the molecule is CCn1c(=O)c2c(nc(/C=C/c3ccc(OCC4CCOCC4)cc3)n2C)n(CC)c1=O. The van der Waals surface area contributed by atoms with E-state index in [1.807, 2.05) is 43.3 Å². The summed E-state index contributed by atoms with van der Waals surface area (Å²) in [5.41, 5.74) is 1.22. The lowest BCUT2D eigenvalue weighted by molar-refractivity contribution is 0.0497. The van der Waals surface area contributed by atoms with Crippen LogP contribution in [-0.4, -0.2) is 38.5 Å². The average molecular weight is 439 g/mol. The quantitative estimate of drug-likeness (QED) is 0.567. The van der Waals surface area contributed by atoms with E-state index in [0.717, 1.165) is 37.4 Å². The highest BCUT2D eigenvalue weighted by molar-refractivity contribution is 5.76. The van der Waals surface area contributed by atoms with Crippen LogP contribution in [0.5, 0.6) is 5.75 Å². The largest absolute Gasteiger partial charge is 0.493 e. The number of hydrogen-bond acceptors (Lipinski definition) is 5. The van der Waals surface area contributed by atoms with Gasteiger partial charge in [-0.05, 0) is 56.4 Å². The van der Waals surface area contributed by atoms with Crippen molar-refractivity contribution >= 4 is 23.3 Å². The fourth-order valence-electron chi connectivity index (χ4n) is 4.07. The standard InChI is InChI=1S/C24H30N4O4/c1-4-27-22-21(23(29)28(5-2)24(27)30)26(3)20(25-22)11-8-17-6-9-19(10-7-17)32-16-18-12-14-31-15-13-18/h6-11,18H,4-5,12-16H2,1-3H3/b11-8+. The summed E-state index contributed by atoms with van der Waals surface area (Å²) in [5.74, 6) is 2.02. The first-order valence-corrected chi connectivity index (χ1v) is 11.2. The molecule has 8 nitrogen and oxygen atoms in total. The summed E-state index contributed by atoms with van der Waals surface area (Å²) in [6.45, 7) is 6.80. The normalized spacial score (nSPS) is 15.1. The van der Waals surface area contributed by atoms with Crippen LogP contribution in [0.25, 0.3) is 23.3 Å². The first kappa shape index (κ1) is 22.1. The summed E-state index contributed by atoms with van der Waals surface area (Å²) >= 11 is 0. The van der Waals surface area contributed by atoms with Crippen molar-refractivity contribution in [2.75, 3.05) is 19.8 Å². The number of nitrogens with zero attached hydrogens (tertiary/aromatic N) is 4. The highest BCUT2D eigenvalue weighted by atomic mass is 16.5. The van der Waals surface area contributed by atoms with Gasteiger partial charge in [0.1, 0.15) is 11.6 Å². The minimum Gasteiger partial charge on any atom is -0.493 e. The van der Waals surface area contributed by atoms with Gasteiger partial charge in [-0.3, -0.25) is 13.9 Å². The molecule has 0 N–H and O–H groups in total. The molecule has 1 aliphatic rings. The number of hydrogen-bond donors (Lipinski definition) is 0. The van der Waals surface area contributed by atoms with Crippen molar-refractivity contribution in [2.45, 2.75) is 39.8 Å². The molecule has 3 aromatic rings. The van der Waals surface area contributed by atoms with Gasteiger partial charge in [-0.25, -0.2) is 9.78 Å². The van der Waals surface area contributed by atoms with E-state index < -0.39 is 0 Å². The van der Waals surface area contributed by atoms with Gasteiger partial charge in [0.15, 0.2) is 11.2 Å². The van der Waals surface area contributed by atoms with Gasteiger partial charge in [-0.2, -0.15) is 0 Å². The summed E-state index contributed by atoms with van der Waals surface area (Å²) < 4.78 is 15.9. The van der Waals surface area contributed by atoms with Crippen LogP contribution in [0.15, 0.2) is 33.9 Å². The zero-order valence-corrected chi connectivity index (χ0v) is 18.9. The van der Waals surface area contributed by atoms with E-state index in [9.17, 15) is 9.59 Å². The maximum Gasteiger partial charge on any atom is 0.332 e. The number of rotatable bonds is 7. The Kier molecular flexibility index (Phi) is 6.60. The van der Waals surface area contributed by atoms with Crippen molar-refractivity contribution in [3.8, 4) is 5.75 Å². The van der Waals surface area contributed by atoms with Crippen LogP contribution < -0.4 is 16.0 Å². The third-order valence-corrected chi connectivity index (χ3v) is 6.04. The van der Waals surface area contributed by atoms with E-state index in [1.54, 1.807) is 23.1 Å². The smallest absolute Gasteiger partial charge is 0.332 e. The number of aryl methyl sites for hydroxylation is 2. The van der Waals surface area contributed by atoms with Gasteiger partial charge in [0.25, 0.3) is 5.56 Å². The lowest BCUT2D eigenvalue weighted by Gasteiger charge is -2.22. The van der Waals surface area contributed by atoms with Crippen molar-refractivity contribution in [3.05, 3.63) is 56.5 Å². The molecule has 2 aromatic heterocycles. The van der Waals surface area contributed by atoms with Crippen molar-refractivity contribution in [2.24, 2.45) is 13.0 Å². The summed E-state index contributed by atoms with van der Waals surface area (Å²) in [7, 11) is 1.80. The van der Waals surface area contributed by atoms with Crippen LogP contribution in [0.2, 0.25) is 0 Å². The summed E-state index contributed by atoms with van der Waals surface area (Å²) in [6, 6.07) is 7.90. The topological polar surface area (TPSA) is 80.3 Å². The molecule has 3 heterocycles. The van der Waals surface area contributed by atoms with Gasteiger partial charge in [-0.1, -0.05) is 18.2 Å². The van der Waals surface area contributed by atoms with Crippen molar-refractivity contribution in [1.29, 1.82) is 0 Å². The molecule has 4 rings (SSSR count). The number of ether oxygens (including phenoxy) is 2. The third-order valence-electron chi connectivity index (χ3n) is 6.04. The Hall–Kier alpha value is -3.13. The zero-order chi connectivity index (χ0) is 22.7. The second-order valence-corrected chi connectivity index (χ2v) is 8.05. The minimum atomic E-state index is -0.322. The Labute approximate surface area is 186 Å². The van der Waals surface area contributed by atoms with E-state index >= 15 is 0 Å². The van der Waals surface area contributed by atoms with E-state index in [0.29, 0.717) is 42.6 Å². The lowest BCUT2D eigenvalue weighted by atomic mass is 10.0. The summed E-state index contributed by atoms with van der Waals surface area (Å²) in [6.07, 6.45) is 5.90. The highest BCUT2D eigenvalue weighted by Gasteiger charge is 2.18. The average Bonchev–Trinajstić information content (AvgIpc) is 3.14. The maximum absolute atomic E-state index is 12.8. The van der Waals surface area contributed by atoms with Crippen LogP contribution >= 0.6 is 0 Å². The minimum absolute atomic E-state index is 0.308. The van der Waals surface area contributed by atoms with Crippen LogP contribution in [0.3, 0.4) is 0 Å². The highest BCUT2D eigenvalue weighted by Crippen LogP contribution is 2.19. The predicted molar refractivity (Wildman–Crippen MR) is 125 cm³/mol. The van der Waals surface area contributed by atoms with Crippen LogP contribution in [0.4, 0.5) is 0 Å². The molecule has 0 unspecified atom stereocenters. The molecule has 32 heavy (non-hydrogen) atoms. The Balaban J connectivity index is 1.55. The maximum atomic E-state index is 12.8. The molecular weight excluding hydrogens is 408 g/mol. The molecule has 0 radical (unpaired) electrons. The Morgan fingerprint density at radius 3 is 2.41 bits per heavy atom. The van der Waals surface area contributed by atoms with Gasteiger partial charge in [-0.15, -0.1) is 0 Å². The fourth-order valence-corrected chi connectivity index (χ4v) is 4.07. The number of aromatic nitrogens is 4. The second-order valence-electron chi connectivity index (χ2n) is 8.05. The Bertz CT molecular complexity index is 1230. The molecule has 1 saturated heterocycles. The molecule has 0 bridgehead atoms. The molecule has 0 saturated carbocycles. The summed E-state index contributed by atoms with van der Waals surface area (Å²) in [5, 5.41) is 0. The molecule has 0 atom stereocenters. The molecule has 1 aliphatic heterocycles. The van der Waals surface area contributed by atoms with Gasteiger partial charge in [0.2, 0.25) is 0 Å². The second kappa shape index (κ2) is 9.56. The first-order chi connectivity index (χ1) is 15.5. The van der Waals surface area contributed by atoms with Gasteiger partial charge in [0, 0.05) is 33.4 Å². The monoisotopic (exact) mass is 438 g/mol. The molecule has 0 spiro atoms. The molecule has 8 heteroatoms. The molecule has 1 fully saturated rings. The molecular formula is C24H30N4O4. The van der Waals surface area contributed by atoms with Crippen LogP contribution in [0.1, 0.15) is 38.1 Å². The van der Waals surface area contributed by atoms with Gasteiger partial charge in [0.05, 0.1) is 6.61 Å². The summed E-state index contributed by atoms with van der Waals surface area (Å²) in [4.78, 5) is 30.0. The van der Waals surface area contributed by atoms with Crippen LogP contribution in [0, 0.1) is 5.92 Å². The Morgan fingerprint density at radius 1 is 1.06 bits per heavy atom. The number of benzene rings is 1. The van der Waals surface area contributed by atoms with E-state index in [1.165, 1.54) is 4.57 Å². The van der Waals surface area contributed by atoms with Gasteiger partial charge >= 0.3 is 5.69 Å². The zero-order valence-electron chi connectivity index (χ0n) is 18.9. The van der Waals surface area contributed by atoms with Crippen LogP contribution in [-0.2, 0) is 24.9 Å². The van der Waals surface area contributed by atoms with E-state index in [4.69, 9.17) is 9.47 Å². The van der Waals surface area contributed by atoms with E-state index in [-0.39, 0.29) is 11.2 Å². The molecule has 170 valence electrons. The predicted octanol–water partition coefficient (Wildman–Crippen LogP) is 2.91. The molecule has 0 aliphatic carbocycles.